The van der Waals surface area contributed by atoms with Crippen molar-refractivity contribution in [1.82, 2.24) is 5.32 Å². The van der Waals surface area contributed by atoms with Crippen LogP contribution in [0.4, 0.5) is 5.69 Å². The molecule has 0 atom stereocenters. The van der Waals surface area contributed by atoms with E-state index in [1.54, 1.807) is 11.8 Å². The summed E-state index contributed by atoms with van der Waals surface area (Å²) in [6.45, 7) is 14.5. The van der Waals surface area contributed by atoms with Crippen LogP contribution in [0.1, 0.15) is 54.0 Å². The standard InChI is InChI=1S/C19H30N2O2/c1-14(22)21(13-12-20-17(23)19(5,6)7)16-11-9-8-10-15(16)18(2,3)4/h8-11H,12-13H2,1-7H3,(H,20,23). The minimum atomic E-state index is -0.426. The molecule has 23 heavy (non-hydrogen) atoms. The molecule has 0 fully saturated rings. The van der Waals surface area contributed by atoms with Crippen molar-refractivity contribution in [3.8, 4) is 0 Å². The summed E-state index contributed by atoms with van der Waals surface area (Å²) in [4.78, 5) is 25.8. The summed E-state index contributed by atoms with van der Waals surface area (Å²) in [6, 6.07) is 7.95. The van der Waals surface area contributed by atoms with Gasteiger partial charge in [-0.1, -0.05) is 59.7 Å². The van der Waals surface area contributed by atoms with E-state index in [-0.39, 0.29) is 17.2 Å². The highest BCUT2D eigenvalue weighted by Crippen LogP contribution is 2.31. The maximum Gasteiger partial charge on any atom is 0.225 e. The lowest BCUT2D eigenvalue weighted by Crippen LogP contribution is -2.42. The average Bonchev–Trinajstić information content (AvgIpc) is 2.41. The molecule has 0 aliphatic heterocycles. The molecule has 0 aliphatic carbocycles. The van der Waals surface area contributed by atoms with E-state index < -0.39 is 5.41 Å². The number of nitrogens with zero attached hydrogens (tertiary/aromatic N) is 1. The predicted molar refractivity (Wildman–Crippen MR) is 95.6 cm³/mol. The normalized spacial score (nSPS) is 12.0. The van der Waals surface area contributed by atoms with Crippen LogP contribution in [0.15, 0.2) is 24.3 Å². The number of anilines is 1. The third-order valence-corrected chi connectivity index (χ3v) is 3.69. The van der Waals surface area contributed by atoms with Gasteiger partial charge in [0.15, 0.2) is 0 Å². The second-order valence-corrected chi connectivity index (χ2v) is 7.94. The van der Waals surface area contributed by atoms with Crippen molar-refractivity contribution < 1.29 is 9.59 Å². The minimum Gasteiger partial charge on any atom is -0.354 e. The number of hydrogen-bond acceptors (Lipinski definition) is 2. The molecule has 0 heterocycles. The van der Waals surface area contributed by atoms with E-state index in [1.165, 1.54) is 0 Å². The van der Waals surface area contributed by atoms with Crippen molar-refractivity contribution >= 4 is 17.5 Å². The molecule has 4 nitrogen and oxygen atoms in total. The number of hydrogen-bond donors (Lipinski definition) is 1. The number of nitrogens with one attached hydrogen (secondary N) is 1. The van der Waals surface area contributed by atoms with Gasteiger partial charge in [0.05, 0.1) is 0 Å². The number of carbonyl (C=O) groups is 2. The Morgan fingerprint density at radius 3 is 2.09 bits per heavy atom. The van der Waals surface area contributed by atoms with Gasteiger partial charge in [0.25, 0.3) is 0 Å². The molecule has 0 saturated heterocycles. The van der Waals surface area contributed by atoms with Gasteiger partial charge in [0, 0.05) is 31.1 Å². The topological polar surface area (TPSA) is 49.4 Å². The summed E-state index contributed by atoms with van der Waals surface area (Å²) in [5.74, 6) is -0.0307. The number of amides is 2. The molecule has 0 spiro atoms. The molecular weight excluding hydrogens is 288 g/mol. The Morgan fingerprint density at radius 1 is 1.04 bits per heavy atom. The number of carbonyl (C=O) groups excluding carboxylic acids is 2. The van der Waals surface area contributed by atoms with E-state index in [1.807, 2.05) is 39.0 Å². The van der Waals surface area contributed by atoms with Crippen LogP contribution in [0.5, 0.6) is 0 Å². The lowest BCUT2D eigenvalue weighted by Gasteiger charge is -2.30. The molecule has 0 bridgehead atoms. The molecule has 2 amide bonds. The fraction of sp³-hybridized carbons (Fsp3) is 0.579. The zero-order valence-electron chi connectivity index (χ0n) is 15.5. The Balaban J connectivity index is 2.93. The van der Waals surface area contributed by atoms with Crippen molar-refractivity contribution in [3.05, 3.63) is 29.8 Å². The van der Waals surface area contributed by atoms with Gasteiger partial charge in [-0.25, -0.2) is 0 Å². The van der Waals surface area contributed by atoms with E-state index in [4.69, 9.17) is 0 Å². The summed E-state index contributed by atoms with van der Waals surface area (Å²) < 4.78 is 0. The molecule has 1 rings (SSSR count). The van der Waals surface area contributed by atoms with Crippen molar-refractivity contribution in [2.24, 2.45) is 5.41 Å². The Labute approximate surface area is 140 Å². The van der Waals surface area contributed by atoms with Crippen LogP contribution in [0.25, 0.3) is 0 Å². The van der Waals surface area contributed by atoms with Gasteiger partial charge in [-0.15, -0.1) is 0 Å². The SMILES string of the molecule is CC(=O)N(CCNC(=O)C(C)(C)C)c1ccccc1C(C)(C)C. The molecular formula is C19H30N2O2. The highest BCUT2D eigenvalue weighted by molar-refractivity contribution is 5.92. The van der Waals surface area contributed by atoms with Gasteiger partial charge < -0.3 is 10.2 Å². The van der Waals surface area contributed by atoms with Crippen molar-refractivity contribution in [3.63, 3.8) is 0 Å². The highest BCUT2D eigenvalue weighted by atomic mass is 16.2. The lowest BCUT2D eigenvalue weighted by atomic mass is 9.85. The predicted octanol–water partition coefficient (Wildman–Crippen LogP) is 3.50. The number of para-hydroxylation sites is 1. The lowest BCUT2D eigenvalue weighted by molar-refractivity contribution is -0.128. The number of rotatable bonds is 4. The largest absolute Gasteiger partial charge is 0.354 e. The third-order valence-electron chi connectivity index (χ3n) is 3.69. The molecule has 0 aliphatic rings. The Morgan fingerprint density at radius 2 is 1.61 bits per heavy atom. The summed E-state index contributed by atoms with van der Waals surface area (Å²) in [5.41, 5.74) is 1.55. The molecule has 1 aromatic rings. The first-order valence-electron chi connectivity index (χ1n) is 8.10. The molecule has 0 saturated carbocycles. The van der Waals surface area contributed by atoms with E-state index in [2.05, 4.69) is 32.2 Å². The molecule has 0 aromatic heterocycles. The first-order chi connectivity index (χ1) is 10.4. The van der Waals surface area contributed by atoms with Crippen molar-refractivity contribution in [2.75, 3.05) is 18.0 Å². The second-order valence-electron chi connectivity index (χ2n) is 7.94. The fourth-order valence-corrected chi connectivity index (χ4v) is 2.34. The first-order valence-corrected chi connectivity index (χ1v) is 8.10. The van der Waals surface area contributed by atoms with Gasteiger partial charge in [0.1, 0.15) is 0 Å². The van der Waals surface area contributed by atoms with Crippen LogP contribution < -0.4 is 10.2 Å². The Kier molecular flexibility index (Phi) is 5.98. The van der Waals surface area contributed by atoms with Crippen LogP contribution in [0.2, 0.25) is 0 Å². The highest BCUT2D eigenvalue weighted by Gasteiger charge is 2.24. The maximum atomic E-state index is 12.1. The maximum absolute atomic E-state index is 12.1. The van der Waals surface area contributed by atoms with E-state index in [9.17, 15) is 9.59 Å². The smallest absolute Gasteiger partial charge is 0.225 e. The Hall–Kier alpha value is -1.84. The monoisotopic (exact) mass is 318 g/mol. The molecule has 1 aromatic carbocycles. The van der Waals surface area contributed by atoms with Crippen LogP contribution in [0.3, 0.4) is 0 Å². The summed E-state index contributed by atoms with van der Waals surface area (Å²) in [6.07, 6.45) is 0. The summed E-state index contributed by atoms with van der Waals surface area (Å²) in [5, 5.41) is 2.90. The fourth-order valence-electron chi connectivity index (χ4n) is 2.34. The molecule has 4 heteroatoms. The quantitative estimate of drug-likeness (QED) is 0.923. The molecule has 0 unspecified atom stereocenters. The van der Waals surface area contributed by atoms with Crippen LogP contribution in [0, 0.1) is 5.41 Å². The van der Waals surface area contributed by atoms with Crippen molar-refractivity contribution in [1.29, 1.82) is 0 Å². The molecule has 128 valence electrons. The van der Waals surface area contributed by atoms with Gasteiger partial charge in [-0.2, -0.15) is 0 Å². The molecule has 0 radical (unpaired) electrons. The summed E-state index contributed by atoms with van der Waals surface area (Å²) in [7, 11) is 0. The van der Waals surface area contributed by atoms with Crippen molar-refractivity contribution in [2.45, 2.75) is 53.9 Å². The van der Waals surface area contributed by atoms with Gasteiger partial charge >= 0.3 is 0 Å². The zero-order chi connectivity index (χ0) is 17.8. The average molecular weight is 318 g/mol. The van der Waals surface area contributed by atoms with E-state index in [0.717, 1.165) is 11.3 Å². The van der Waals surface area contributed by atoms with Gasteiger partial charge in [-0.05, 0) is 17.0 Å². The second kappa shape index (κ2) is 7.16. The van der Waals surface area contributed by atoms with Crippen LogP contribution >= 0.6 is 0 Å². The van der Waals surface area contributed by atoms with Gasteiger partial charge in [-0.3, -0.25) is 9.59 Å². The first kappa shape index (κ1) is 19.2. The Bertz CT molecular complexity index is 565. The summed E-state index contributed by atoms with van der Waals surface area (Å²) >= 11 is 0. The zero-order valence-corrected chi connectivity index (χ0v) is 15.5. The van der Waals surface area contributed by atoms with E-state index in [0.29, 0.717) is 13.1 Å². The third kappa shape index (κ3) is 5.38. The van der Waals surface area contributed by atoms with Crippen LogP contribution in [-0.2, 0) is 15.0 Å². The number of benzene rings is 1. The van der Waals surface area contributed by atoms with E-state index >= 15 is 0 Å². The molecule has 1 N–H and O–H groups in total. The van der Waals surface area contributed by atoms with Gasteiger partial charge in [0.2, 0.25) is 11.8 Å². The van der Waals surface area contributed by atoms with Crippen LogP contribution in [-0.4, -0.2) is 24.9 Å². The minimum absolute atomic E-state index is 0.00916.